The Morgan fingerprint density at radius 3 is 2.76 bits per heavy atom. The van der Waals surface area contributed by atoms with E-state index < -0.39 is 5.91 Å². The number of hydrogen-bond acceptors (Lipinski definition) is 8. The number of nitrogens with two attached hydrogens (primary N) is 1. The van der Waals surface area contributed by atoms with Crippen molar-refractivity contribution in [2.24, 2.45) is 0 Å². The average molecular weight is 439 g/mol. The van der Waals surface area contributed by atoms with E-state index in [9.17, 15) is 4.79 Å². The Kier molecular flexibility index (Phi) is 7.65. The van der Waals surface area contributed by atoms with Gasteiger partial charge < -0.3 is 25.3 Å². The molecule has 10 heteroatoms. The fraction of sp³-hybridized carbons (Fsp3) is 0.474. The van der Waals surface area contributed by atoms with E-state index in [1.165, 1.54) is 12.7 Å². The van der Waals surface area contributed by atoms with Crippen LogP contribution in [0, 0.1) is 0 Å². The highest BCUT2D eigenvalue weighted by atomic mass is 35.5. The van der Waals surface area contributed by atoms with Crippen LogP contribution in [0.1, 0.15) is 16.9 Å². The third kappa shape index (κ3) is 6.27. The molecule has 0 radical (unpaired) electrons. The van der Waals surface area contributed by atoms with Crippen LogP contribution in [-0.2, 0) is 0 Å². The predicted molar refractivity (Wildman–Crippen MR) is 120 cm³/mol. The maximum atomic E-state index is 12.3. The molecule has 29 heavy (non-hydrogen) atoms. The summed E-state index contributed by atoms with van der Waals surface area (Å²) in [5, 5.41) is 3.24. The lowest BCUT2D eigenvalue weighted by Gasteiger charge is -2.35. The van der Waals surface area contributed by atoms with Crippen molar-refractivity contribution in [3.05, 3.63) is 35.2 Å². The largest absolute Gasteiger partial charge is 0.431 e. The zero-order chi connectivity index (χ0) is 20.8. The smallest absolute Gasteiger partial charge is 0.292 e. The summed E-state index contributed by atoms with van der Waals surface area (Å²) in [6, 6.07) is 5.62. The number of anilines is 3. The molecule has 1 fully saturated rings. The van der Waals surface area contributed by atoms with Crippen LogP contribution in [0.5, 0.6) is 0 Å². The SMILES string of the molecule is CN(C)CCCSN1CCN(c2ccc(Cl)c(NC(=O)c3coc(N)n3)c2)CC1. The van der Waals surface area contributed by atoms with Crippen LogP contribution in [0.2, 0.25) is 5.02 Å². The molecule has 1 aromatic carbocycles. The Bertz CT molecular complexity index is 823. The van der Waals surface area contributed by atoms with E-state index in [0.29, 0.717) is 10.7 Å². The molecule has 1 amide bonds. The van der Waals surface area contributed by atoms with Gasteiger partial charge in [0.05, 0.1) is 10.7 Å². The monoisotopic (exact) mass is 438 g/mol. The highest BCUT2D eigenvalue weighted by Crippen LogP contribution is 2.29. The molecule has 1 aliphatic heterocycles. The summed E-state index contributed by atoms with van der Waals surface area (Å²) < 4.78 is 7.32. The number of nitrogens with zero attached hydrogens (tertiary/aromatic N) is 4. The highest BCUT2D eigenvalue weighted by Gasteiger charge is 2.19. The van der Waals surface area contributed by atoms with Gasteiger partial charge in [0.2, 0.25) is 0 Å². The van der Waals surface area contributed by atoms with Crippen LogP contribution in [-0.4, -0.2) is 72.7 Å². The molecular weight excluding hydrogens is 412 g/mol. The summed E-state index contributed by atoms with van der Waals surface area (Å²) in [7, 11) is 4.21. The number of benzene rings is 1. The minimum Gasteiger partial charge on any atom is -0.431 e. The summed E-state index contributed by atoms with van der Waals surface area (Å²) in [4.78, 5) is 20.7. The van der Waals surface area contributed by atoms with Crippen molar-refractivity contribution in [3.8, 4) is 0 Å². The molecule has 3 N–H and O–H groups in total. The van der Waals surface area contributed by atoms with Gasteiger partial charge in [0.15, 0.2) is 5.69 Å². The Hall–Kier alpha value is -1.94. The maximum Gasteiger partial charge on any atom is 0.292 e. The number of piperazine rings is 1. The Morgan fingerprint density at radius 2 is 2.10 bits per heavy atom. The van der Waals surface area contributed by atoms with Crippen LogP contribution in [0.3, 0.4) is 0 Å². The first-order valence-electron chi connectivity index (χ1n) is 9.52. The zero-order valence-electron chi connectivity index (χ0n) is 16.7. The van der Waals surface area contributed by atoms with Crippen molar-refractivity contribution < 1.29 is 9.21 Å². The fourth-order valence-corrected chi connectivity index (χ4v) is 4.14. The molecule has 2 aromatic rings. The lowest BCUT2D eigenvalue weighted by molar-refractivity contribution is 0.102. The highest BCUT2D eigenvalue weighted by molar-refractivity contribution is 7.97. The molecule has 1 aliphatic rings. The quantitative estimate of drug-likeness (QED) is 0.480. The summed E-state index contributed by atoms with van der Waals surface area (Å²) >= 11 is 8.20. The van der Waals surface area contributed by atoms with E-state index in [1.807, 2.05) is 24.1 Å². The van der Waals surface area contributed by atoms with E-state index in [1.54, 1.807) is 6.07 Å². The van der Waals surface area contributed by atoms with Gasteiger partial charge in [-0.3, -0.25) is 4.79 Å². The van der Waals surface area contributed by atoms with Crippen molar-refractivity contribution >= 4 is 46.8 Å². The van der Waals surface area contributed by atoms with E-state index >= 15 is 0 Å². The standard InChI is InChI=1S/C19H27ClN6O2S/c1-24(2)6-3-11-29-26-9-7-25(8-10-26)14-4-5-15(20)16(12-14)22-18(27)17-13-28-19(21)23-17/h4-5,12-13H,3,6-11H2,1-2H3,(H2,21,23)(H,22,27). The number of hydrogen-bond donors (Lipinski definition) is 2. The Morgan fingerprint density at radius 1 is 1.34 bits per heavy atom. The second kappa shape index (κ2) is 10.2. The van der Waals surface area contributed by atoms with Crippen LogP contribution in [0.15, 0.2) is 28.9 Å². The molecule has 0 unspecified atom stereocenters. The second-order valence-corrected chi connectivity index (χ2v) is 8.69. The van der Waals surface area contributed by atoms with Crippen LogP contribution < -0.4 is 16.0 Å². The van der Waals surface area contributed by atoms with Crippen LogP contribution in [0.25, 0.3) is 0 Å². The van der Waals surface area contributed by atoms with Crippen molar-refractivity contribution in [2.75, 3.05) is 68.5 Å². The van der Waals surface area contributed by atoms with Gasteiger partial charge in [-0.1, -0.05) is 23.5 Å². The number of carbonyl (C=O) groups is 1. The van der Waals surface area contributed by atoms with Gasteiger partial charge in [0.1, 0.15) is 6.26 Å². The van der Waals surface area contributed by atoms with E-state index in [4.69, 9.17) is 21.8 Å². The van der Waals surface area contributed by atoms with Gasteiger partial charge in [-0.15, -0.1) is 0 Å². The Balaban J connectivity index is 1.54. The van der Waals surface area contributed by atoms with Crippen molar-refractivity contribution in [2.45, 2.75) is 6.42 Å². The van der Waals surface area contributed by atoms with E-state index in [0.717, 1.165) is 44.2 Å². The van der Waals surface area contributed by atoms with Crippen molar-refractivity contribution in [1.29, 1.82) is 0 Å². The molecule has 2 heterocycles. The van der Waals surface area contributed by atoms with Crippen LogP contribution >= 0.6 is 23.5 Å². The lowest BCUT2D eigenvalue weighted by Crippen LogP contribution is -2.43. The molecule has 1 aromatic heterocycles. The van der Waals surface area contributed by atoms with Crippen LogP contribution in [0.4, 0.5) is 17.4 Å². The van der Waals surface area contributed by atoms with Gasteiger partial charge in [0, 0.05) is 37.6 Å². The number of oxazole rings is 1. The van der Waals surface area contributed by atoms with Gasteiger partial charge in [-0.2, -0.15) is 4.98 Å². The first kappa shape index (κ1) is 21.8. The molecule has 0 saturated carbocycles. The molecule has 1 saturated heterocycles. The number of nitrogen functional groups attached to an aromatic ring is 1. The third-order valence-corrected chi connectivity index (χ3v) is 6.11. The summed E-state index contributed by atoms with van der Waals surface area (Å²) in [6.45, 7) is 4.96. The van der Waals surface area contributed by atoms with Gasteiger partial charge in [-0.05, 0) is 45.3 Å². The summed E-state index contributed by atoms with van der Waals surface area (Å²) in [5.74, 6) is 0.727. The number of nitrogens with one attached hydrogen (secondary N) is 1. The second-order valence-electron chi connectivity index (χ2n) is 7.10. The number of amides is 1. The number of halogens is 1. The fourth-order valence-electron chi connectivity index (χ4n) is 3.03. The molecule has 0 atom stereocenters. The molecule has 0 spiro atoms. The first-order valence-corrected chi connectivity index (χ1v) is 10.8. The molecule has 0 bridgehead atoms. The predicted octanol–water partition coefficient (Wildman–Crippen LogP) is 2.88. The topological polar surface area (TPSA) is 90.9 Å². The molecule has 158 valence electrons. The van der Waals surface area contributed by atoms with Gasteiger partial charge in [0.25, 0.3) is 11.9 Å². The van der Waals surface area contributed by atoms with Crippen molar-refractivity contribution in [1.82, 2.24) is 14.2 Å². The summed E-state index contributed by atoms with van der Waals surface area (Å²) in [6.07, 6.45) is 2.41. The maximum absolute atomic E-state index is 12.3. The molecular formula is C19H27ClN6O2S. The minimum atomic E-state index is -0.413. The minimum absolute atomic E-state index is 0.0487. The molecule has 3 rings (SSSR count). The lowest BCUT2D eigenvalue weighted by atomic mass is 10.2. The van der Waals surface area contributed by atoms with Gasteiger partial charge >= 0.3 is 0 Å². The van der Waals surface area contributed by atoms with E-state index in [2.05, 4.69) is 38.5 Å². The Labute approximate surface area is 180 Å². The zero-order valence-corrected chi connectivity index (χ0v) is 18.3. The van der Waals surface area contributed by atoms with Crippen molar-refractivity contribution in [3.63, 3.8) is 0 Å². The summed E-state index contributed by atoms with van der Waals surface area (Å²) in [5.41, 5.74) is 7.11. The number of aromatic nitrogens is 1. The third-order valence-electron chi connectivity index (χ3n) is 4.58. The first-order chi connectivity index (χ1) is 13.9. The normalized spacial score (nSPS) is 15.1. The number of carbonyl (C=O) groups excluding carboxylic acids is 1. The molecule has 8 nitrogen and oxygen atoms in total. The number of rotatable bonds is 8. The van der Waals surface area contributed by atoms with Gasteiger partial charge in [-0.25, -0.2) is 4.31 Å². The average Bonchev–Trinajstić information content (AvgIpc) is 3.14. The van der Waals surface area contributed by atoms with E-state index in [-0.39, 0.29) is 11.7 Å². The molecule has 0 aliphatic carbocycles.